The quantitative estimate of drug-likeness (QED) is 0.543. The Morgan fingerprint density at radius 1 is 0.875 bits per heavy atom. The average molecular weight is 329 g/mol. The lowest BCUT2D eigenvalue weighted by molar-refractivity contribution is -0.137. The summed E-state index contributed by atoms with van der Waals surface area (Å²) in [6.07, 6.45) is 9.15. The molecule has 0 aliphatic rings. The van der Waals surface area contributed by atoms with Crippen molar-refractivity contribution in [1.82, 2.24) is 4.98 Å². The molecule has 0 aliphatic carbocycles. The number of aliphatic carboxylic acids is 1. The zero-order valence-corrected chi connectivity index (χ0v) is 14.2. The molecule has 4 nitrogen and oxygen atoms in total. The van der Waals surface area contributed by atoms with Crippen LogP contribution in [0.2, 0.25) is 0 Å². The highest BCUT2D eigenvalue weighted by Gasteiger charge is 1.99. The summed E-state index contributed by atoms with van der Waals surface area (Å²) in [7, 11) is 0. The molecule has 0 atom stereocenters. The number of carboxylic acid groups (broad SMARTS) is 1. The zero-order chi connectivity index (χ0) is 17.0. The maximum atomic E-state index is 10.4. The number of rotatable bonds is 12. The molecular formula is C20H27NO3. The van der Waals surface area contributed by atoms with E-state index in [1.807, 2.05) is 36.4 Å². The van der Waals surface area contributed by atoms with Crippen LogP contribution in [-0.2, 0) is 4.79 Å². The van der Waals surface area contributed by atoms with Gasteiger partial charge in [0.05, 0.1) is 12.1 Å². The molecule has 2 aromatic rings. The van der Waals surface area contributed by atoms with Gasteiger partial charge in [0.1, 0.15) is 0 Å². The number of carbonyl (C=O) groups is 1. The lowest BCUT2D eigenvalue weighted by Crippen LogP contribution is -1.99. The van der Waals surface area contributed by atoms with Crippen molar-refractivity contribution < 1.29 is 14.6 Å². The molecule has 1 N–H and O–H groups in total. The number of aromatic nitrogens is 1. The highest BCUT2D eigenvalue weighted by molar-refractivity contribution is 5.78. The first-order chi connectivity index (χ1) is 11.8. The van der Waals surface area contributed by atoms with Gasteiger partial charge in [-0.1, -0.05) is 56.7 Å². The highest BCUT2D eigenvalue weighted by atomic mass is 16.5. The number of para-hydroxylation sites is 1. The maximum absolute atomic E-state index is 10.4. The van der Waals surface area contributed by atoms with E-state index in [0.29, 0.717) is 18.9 Å². The number of nitrogens with zero attached hydrogens (tertiary/aromatic N) is 1. The van der Waals surface area contributed by atoms with Crippen molar-refractivity contribution in [2.45, 2.75) is 57.8 Å². The van der Waals surface area contributed by atoms with Gasteiger partial charge < -0.3 is 9.84 Å². The van der Waals surface area contributed by atoms with Crippen LogP contribution < -0.4 is 4.74 Å². The predicted molar refractivity (Wildman–Crippen MR) is 96.4 cm³/mol. The summed E-state index contributed by atoms with van der Waals surface area (Å²) < 4.78 is 5.73. The van der Waals surface area contributed by atoms with Crippen molar-refractivity contribution >= 4 is 16.9 Å². The Morgan fingerprint density at radius 2 is 1.54 bits per heavy atom. The molecule has 0 amide bonds. The molecular weight excluding hydrogens is 302 g/mol. The number of hydrogen-bond acceptors (Lipinski definition) is 3. The molecule has 1 heterocycles. The highest BCUT2D eigenvalue weighted by Crippen LogP contribution is 2.16. The van der Waals surface area contributed by atoms with Gasteiger partial charge in [-0.2, -0.15) is 0 Å². The van der Waals surface area contributed by atoms with E-state index in [-0.39, 0.29) is 0 Å². The monoisotopic (exact) mass is 329 g/mol. The summed E-state index contributed by atoms with van der Waals surface area (Å²) in [6.45, 7) is 0.712. The van der Waals surface area contributed by atoms with Gasteiger partial charge in [-0.15, -0.1) is 0 Å². The molecule has 0 saturated carbocycles. The van der Waals surface area contributed by atoms with Gasteiger partial charge in [-0.25, -0.2) is 4.98 Å². The zero-order valence-electron chi connectivity index (χ0n) is 14.2. The van der Waals surface area contributed by atoms with E-state index < -0.39 is 5.97 Å². The molecule has 0 saturated heterocycles. The number of pyridine rings is 1. The van der Waals surface area contributed by atoms with Crippen molar-refractivity contribution in [3.63, 3.8) is 0 Å². The first kappa shape index (κ1) is 18.2. The number of hydrogen-bond donors (Lipinski definition) is 1. The third-order valence-electron chi connectivity index (χ3n) is 4.11. The smallest absolute Gasteiger partial charge is 0.303 e. The fourth-order valence-electron chi connectivity index (χ4n) is 2.74. The second-order valence-electron chi connectivity index (χ2n) is 6.16. The van der Waals surface area contributed by atoms with E-state index in [0.717, 1.165) is 36.6 Å². The Balaban J connectivity index is 1.48. The second kappa shape index (κ2) is 10.6. The minimum absolute atomic E-state index is 0.306. The molecule has 4 heteroatoms. The van der Waals surface area contributed by atoms with Gasteiger partial charge in [-0.05, 0) is 25.0 Å². The molecule has 1 aromatic heterocycles. The van der Waals surface area contributed by atoms with E-state index in [1.54, 1.807) is 0 Å². The lowest BCUT2D eigenvalue weighted by atomic mass is 10.1. The molecule has 0 radical (unpaired) electrons. The van der Waals surface area contributed by atoms with Gasteiger partial charge in [-0.3, -0.25) is 4.79 Å². The molecule has 0 unspecified atom stereocenters. The van der Waals surface area contributed by atoms with Gasteiger partial charge in [0, 0.05) is 17.9 Å². The van der Waals surface area contributed by atoms with Crippen LogP contribution in [0.25, 0.3) is 10.9 Å². The summed E-state index contributed by atoms with van der Waals surface area (Å²) in [5.41, 5.74) is 0.970. The first-order valence-corrected chi connectivity index (χ1v) is 8.96. The Morgan fingerprint density at radius 3 is 2.29 bits per heavy atom. The Labute approximate surface area is 143 Å². The fraction of sp³-hybridized carbons (Fsp3) is 0.500. The van der Waals surface area contributed by atoms with Crippen LogP contribution in [0.3, 0.4) is 0 Å². The van der Waals surface area contributed by atoms with E-state index in [2.05, 4.69) is 4.98 Å². The van der Waals surface area contributed by atoms with Gasteiger partial charge >= 0.3 is 5.97 Å². The number of unbranched alkanes of at least 4 members (excludes halogenated alkanes) is 7. The number of benzene rings is 1. The van der Waals surface area contributed by atoms with Crippen molar-refractivity contribution in [3.05, 3.63) is 36.4 Å². The van der Waals surface area contributed by atoms with Crippen LogP contribution in [0.1, 0.15) is 57.8 Å². The molecule has 1 aromatic carbocycles. The molecule has 24 heavy (non-hydrogen) atoms. The summed E-state index contributed by atoms with van der Waals surface area (Å²) in [5, 5.41) is 9.69. The van der Waals surface area contributed by atoms with Gasteiger partial charge in [0.25, 0.3) is 0 Å². The minimum atomic E-state index is -0.684. The first-order valence-electron chi connectivity index (χ1n) is 8.96. The predicted octanol–water partition coefficient (Wildman–Crippen LogP) is 5.21. The maximum Gasteiger partial charge on any atom is 0.303 e. The van der Waals surface area contributed by atoms with Crippen LogP contribution in [-0.4, -0.2) is 22.7 Å². The summed E-state index contributed by atoms with van der Waals surface area (Å²) >= 11 is 0. The van der Waals surface area contributed by atoms with Crippen molar-refractivity contribution in [2.24, 2.45) is 0 Å². The third-order valence-corrected chi connectivity index (χ3v) is 4.11. The average Bonchev–Trinajstić information content (AvgIpc) is 2.59. The van der Waals surface area contributed by atoms with E-state index >= 15 is 0 Å². The molecule has 0 aliphatic heterocycles. The van der Waals surface area contributed by atoms with Gasteiger partial charge in [0.15, 0.2) is 0 Å². The SMILES string of the molecule is O=C(O)CCCCCCCCCCOc1ccc2ccccc2n1. The third kappa shape index (κ3) is 6.99. The van der Waals surface area contributed by atoms with Gasteiger partial charge in [0.2, 0.25) is 5.88 Å². The van der Waals surface area contributed by atoms with Crippen molar-refractivity contribution in [3.8, 4) is 5.88 Å². The fourth-order valence-corrected chi connectivity index (χ4v) is 2.74. The molecule has 0 bridgehead atoms. The number of fused-ring (bicyclic) bond motifs is 1. The normalized spacial score (nSPS) is 10.8. The Hall–Kier alpha value is -2.10. The molecule has 0 spiro atoms. The topological polar surface area (TPSA) is 59.4 Å². The van der Waals surface area contributed by atoms with Crippen LogP contribution in [0.5, 0.6) is 5.88 Å². The Kier molecular flexibility index (Phi) is 8.08. The molecule has 0 fully saturated rings. The number of carboxylic acids is 1. The van der Waals surface area contributed by atoms with Crippen molar-refractivity contribution in [2.75, 3.05) is 6.61 Å². The molecule has 130 valence electrons. The lowest BCUT2D eigenvalue weighted by Gasteiger charge is -2.06. The van der Waals surface area contributed by atoms with E-state index in [1.165, 1.54) is 25.7 Å². The van der Waals surface area contributed by atoms with Crippen LogP contribution in [0.4, 0.5) is 0 Å². The summed E-state index contributed by atoms with van der Waals surface area (Å²) in [6, 6.07) is 12.0. The number of ether oxygens (including phenoxy) is 1. The van der Waals surface area contributed by atoms with Crippen LogP contribution in [0.15, 0.2) is 36.4 Å². The summed E-state index contributed by atoms with van der Waals surface area (Å²) in [5.74, 6) is 0.0167. The van der Waals surface area contributed by atoms with Crippen LogP contribution >= 0.6 is 0 Å². The van der Waals surface area contributed by atoms with Crippen LogP contribution in [0, 0.1) is 0 Å². The summed E-state index contributed by atoms with van der Waals surface area (Å²) in [4.78, 5) is 14.9. The van der Waals surface area contributed by atoms with Crippen molar-refractivity contribution in [1.29, 1.82) is 0 Å². The minimum Gasteiger partial charge on any atom is -0.481 e. The Bertz CT molecular complexity index is 627. The molecule has 2 rings (SSSR count). The van der Waals surface area contributed by atoms with E-state index in [9.17, 15) is 4.79 Å². The van der Waals surface area contributed by atoms with E-state index in [4.69, 9.17) is 9.84 Å². The second-order valence-corrected chi connectivity index (χ2v) is 6.16. The largest absolute Gasteiger partial charge is 0.481 e. The standard InChI is InChI=1S/C20H27NO3/c22-20(23)13-7-5-3-1-2-4-6-10-16-24-19-15-14-17-11-8-9-12-18(17)21-19/h8-9,11-12,14-15H,1-7,10,13,16H2,(H,22,23).